The van der Waals surface area contributed by atoms with Crippen LogP contribution >= 0.6 is 0 Å². The minimum atomic E-state index is -3.11. The van der Waals surface area contributed by atoms with E-state index in [0.717, 1.165) is 0 Å². The van der Waals surface area contributed by atoms with Gasteiger partial charge in [-0.05, 0) is 0 Å². The van der Waals surface area contributed by atoms with Crippen molar-refractivity contribution < 1.29 is 39.9 Å². The molecule has 14 heavy (non-hydrogen) atoms. The van der Waals surface area contributed by atoms with E-state index in [1.54, 1.807) is 0 Å². The Morgan fingerprint density at radius 3 is 0.500 bits per heavy atom. The molecule has 0 bridgehead atoms. The molecule has 0 aromatic carbocycles. The summed E-state index contributed by atoms with van der Waals surface area (Å²) in [7, 11) is 0. The Labute approximate surface area is 124 Å². The van der Waals surface area contributed by atoms with E-state index in [2.05, 4.69) is 0 Å². The topological polar surface area (TPSA) is 190 Å². The summed E-state index contributed by atoms with van der Waals surface area (Å²) in [5.74, 6) is 0. The van der Waals surface area contributed by atoms with Crippen molar-refractivity contribution in [3.8, 4) is 0 Å². The van der Waals surface area contributed by atoms with Crippen LogP contribution in [0.3, 0.4) is 0 Å². The van der Waals surface area contributed by atoms with E-state index in [9.17, 15) is 0 Å². The Kier molecular flexibility index (Phi) is 51.5. The van der Waals surface area contributed by atoms with Crippen molar-refractivity contribution in [3.63, 3.8) is 0 Å². The average Bonchev–Trinajstić information content (AvgIpc) is 1.54. The molecule has 0 rings (SSSR count). The van der Waals surface area contributed by atoms with E-state index in [0.29, 0.717) is 0 Å². The van der Waals surface area contributed by atoms with Gasteiger partial charge in [-0.25, -0.2) is 0 Å². The fourth-order valence-electron chi connectivity index (χ4n) is 0. The molecule has 9 nitrogen and oxygen atoms in total. The molecule has 14 heteroatoms. The summed E-state index contributed by atoms with van der Waals surface area (Å²) in [6, 6.07) is 0. The largest absolute Gasteiger partial charge is 3.00 e. The molecule has 78 valence electrons. The van der Waals surface area contributed by atoms with Gasteiger partial charge in [0.2, 0.25) is 0 Å². The Bertz CT molecular complexity index is 116. The maximum Gasteiger partial charge on any atom is 3.00 e. The van der Waals surface area contributed by atoms with E-state index < -0.39 is 34.1 Å². The molecule has 0 fully saturated rings. The van der Waals surface area contributed by atoms with Crippen molar-refractivity contribution in [2.75, 3.05) is 0 Å². The normalized spacial score (nSPS) is 7.50. The van der Waals surface area contributed by atoms with Crippen LogP contribution in [-0.4, -0.2) is 91.6 Å². The first-order valence-corrected chi connectivity index (χ1v) is 4.50. The van der Waals surface area contributed by atoms with Crippen molar-refractivity contribution in [1.29, 1.82) is 0 Å². The van der Waals surface area contributed by atoms with Gasteiger partial charge >= 0.3 is 51.7 Å². The van der Waals surface area contributed by atoms with Crippen LogP contribution in [0.2, 0.25) is 0 Å². The van der Waals surface area contributed by atoms with Crippen LogP contribution in [0.15, 0.2) is 0 Å². The molecule has 0 unspecified atom stereocenters. The smallest absolute Gasteiger partial charge is 0.784 e. The first-order chi connectivity index (χ1) is 5.20. The molecule has 0 aromatic heterocycles. The van der Waals surface area contributed by atoms with Gasteiger partial charge in [0.15, 0.2) is 0 Å². The first kappa shape index (κ1) is 29.7. The molecule has 0 heterocycles. The summed E-state index contributed by atoms with van der Waals surface area (Å²) in [5.41, 5.74) is 0. The fraction of sp³-hybridized carbons (Fsp3) is 0. The Balaban J connectivity index is -0.0000000270. The van der Waals surface area contributed by atoms with E-state index in [-0.39, 0.29) is 51.7 Å². The van der Waals surface area contributed by atoms with E-state index in [4.69, 9.17) is 39.9 Å². The van der Waals surface area contributed by atoms with Crippen molar-refractivity contribution in [2.45, 2.75) is 0 Å². The van der Waals surface area contributed by atoms with Crippen molar-refractivity contribution >= 4 is 85.8 Å². The summed E-state index contributed by atoms with van der Waals surface area (Å²) in [5, 5.41) is 0. The zero-order valence-electron chi connectivity index (χ0n) is 6.05. The second-order valence-corrected chi connectivity index (χ2v) is 1.84. The molecule has 0 N–H and O–H groups in total. The third-order valence-electron chi connectivity index (χ3n) is 0. The van der Waals surface area contributed by atoms with E-state index >= 15 is 0 Å². The van der Waals surface area contributed by atoms with Crippen LogP contribution in [-0.2, 0) is 34.1 Å². The molecule has 0 amide bonds. The number of hydrogen-bond donors (Lipinski definition) is 0. The third kappa shape index (κ3) is 615. The standard InChI is InChI=1S/2In.3H2O3S/c;;3*1-4(2)3/h;;3*(H2,1,2,3)/q2*+3;;;/p-6. The molecule has 0 spiro atoms. The fourth-order valence-corrected chi connectivity index (χ4v) is 0. The molecular weight excluding hydrogens is 470 g/mol. The van der Waals surface area contributed by atoms with Gasteiger partial charge in [0.05, 0.1) is 0 Å². The van der Waals surface area contributed by atoms with E-state index in [1.807, 2.05) is 0 Å². The molecule has 0 saturated heterocycles. The van der Waals surface area contributed by atoms with Gasteiger partial charge in [-0.1, -0.05) is 0 Å². The van der Waals surface area contributed by atoms with E-state index in [1.165, 1.54) is 0 Å². The predicted octanol–water partition coefficient (Wildman–Crippen LogP) is -3.77. The van der Waals surface area contributed by atoms with Crippen LogP contribution in [0, 0.1) is 0 Å². The maximum absolute atomic E-state index is 8.44. The molecule has 0 aliphatic rings. The molecule has 0 aliphatic carbocycles. The summed E-state index contributed by atoms with van der Waals surface area (Å²) in [6.45, 7) is 0. The monoisotopic (exact) mass is 470 g/mol. The van der Waals surface area contributed by atoms with Gasteiger partial charge in [-0.3, -0.25) is 12.6 Å². The average molecular weight is 470 g/mol. The summed E-state index contributed by atoms with van der Waals surface area (Å²) in [6.07, 6.45) is 0. The minimum absolute atomic E-state index is 0. The maximum atomic E-state index is 8.44. The second-order valence-electron chi connectivity index (χ2n) is 0.612. The molecule has 0 atom stereocenters. The number of hydrogen-bond acceptors (Lipinski definition) is 9. The summed E-state index contributed by atoms with van der Waals surface area (Å²) < 4.78 is 76.0. The summed E-state index contributed by atoms with van der Waals surface area (Å²) >= 11 is -9.33. The van der Waals surface area contributed by atoms with Gasteiger partial charge < -0.3 is 27.3 Å². The molecule has 0 saturated carbocycles. The summed E-state index contributed by atoms with van der Waals surface area (Å²) in [4.78, 5) is 0. The van der Waals surface area contributed by atoms with Crippen molar-refractivity contribution in [3.05, 3.63) is 0 Å². The van der Waals surface area contributed by atoms with Gasteiger partial charge in [0.1, 0.15) is 0 Å². The van der Waals surface area contributed by atoms with Crippen molar-refractivity contribution in [2.24, 2.45) is 0 Å². The minimum Gasteiger partial charge on any atom is -0.784 e. The van der Waals surface area contributed by atoms with Crippen LogP contribution in [0.4, 0.5) is 0 Å². The quantitative estimate of drug-likeness (QED) is 0.320. The Hall–Kier alpha value is 1.95. The van der Waals surface area contributed by atoms with Crippen molar-refractivity contribution in [1.82, 2.24) is 0 Å². The van der Waals surface area contributed by atoms with Gasteiger partial charge in [-0.15, -0.1) is 34.1 Å². The van der Waals surface area contributed by atoms with Crippen LogP contribution < -0.4 is 0 Å². The Morgan fingerprint density at radius 2 is 0.500 bits per heavy atom. The van der Waals surface area contributed by atoms with Gasteiger partial charge in [0, 0.05) is 0 Å². The van der Waals surface area contributed by atoms with Crippen LogP contribution in [0.5, 0.6) is 0 Å². The van der Waals surface area contributed by atoms with Crippen LogP contribution in [0.25, 0.3) is 0 Å². The zero-order valence-corrected chi connectivity index (χ0v) is 15.1. The van der Waals surface area contributed by atoms with Crippen LogP contribution in [0.1, 0.15) is 0 Å². The predicted molar refractivity (Wildman–Crippen MR) is 40.6 cm³/mol. The third-order valence-corrected chi connectivity index (χ3v) is 0. The van der Waals surface area contributed by atoms with Gasteiger partial charge in [0.25, 0.3) is 0 Å². The molecule has 0 aliphatic heterocycles. The molecule has 0 radical (unpaired) electrons. The second kappa shape index (κ2) is 24.3. The molecular formula is In2O9S3. The SMILES string of the molecule is O=S([O-])[O-].O=S([O-])[O-].O=S([O-])[O-].[In+3].[In+3]. The first-order valence-electron chi connectivity index (χ1n) is 1.50. The number of rotatable bonds is 0. The zero-order chi connectivity index (χ0) is 10.7. The van der Waals surface area contributed by atoms with Gasteiger partial charge in [-0.2, -0.15) is 0 Å². The molecule has 0 aromatic rings. The Morgan fingerprint density at radius 1 is 0.500 bits per heavy atom.